The number of rotatable bonds is 1. The van der Waals surface area contributed by atoms with E-state index in [-0.39, 0.29) is 17.0 Å². The number of nitrogens with one attached hydrogen (secondary N) is 1. The average molecular weight is 257 g/mol. The van der Waals surface area contributed by atoms with Crippen molar-refractivity contribution in [2.24, 2.45) is 0 Å². The minimum atomic E-state index is -0.229. The molecule has 2 heterocycles. The second kappa shape index (κ2) is 3.84. The van der Waals surface area contributed by atoms with Crippen LogP contribution in [0.4, 0.5) is 5.69 Å². The highest BCUT2D eigenvalue weighted by molar-refractivity contribution is 5.66. The van der Waals surface area contributed by atoms with Crippen LogP contribution in [0.2, 0.25) is 0 Å². The van der Waals surface area contributed by atoms with Crippen LogP contribution in [-0.2, 0) is 0 Å². The van der Waals surface area contributed by atoms with E-state index >= 15 is 0 Å². The molecule has 0 spiro atoms. The Kier molecular flexibility index (Phi) is 2.28. The summed E-state index contributed by atoms with van der Waals surface area (Å²) in [6, 6.07) is 6.12. The lowest BCUT2D eigenvalue weighted by atomic mass is 10.2. The molecule has 0 amide bonds. The molecular formula is C12H11N5O2. The Bertz CT molecular complexity index is 834. The first kappa shape index (κ1) is 11.3. The third-order valence-electron chi connectivity index (χ3n) is 2.76. The standard InChI is InChI=1S/C12H11N5O2/c1-6-4-10(19)17-12(14-6)15-11(16-17)7-2-3-9(18)8(13)5-7/h2-5,18H,13H2,1H3,(H,14,15,16). The second-order valence-electron chi connectivity index (χ2n) is 4.22. The normalized spacial score (nSPS) is 11.0. The van der Waals surface area contributed by atoms with E-state index < -0.39 is 0 Å². The number of phenolic OH excluding ortho intramolecular Hbond substituents is 1. The average Bonchev–Trinajstić information content (AvgIpc) is 2.76. The number of aryl methyl sites for hydroxylation is 1. The predicted octanol–water partition coefficient (Wildman–Crippen LogP) is 0.681. The number of phenols is 1. The number of nitrogens with zero attached hydrogens (tertiary/aromatic N) is 3. The van der Waals surface area contributed by atoms with Crippen molar-refractivity contribution in [1.29, 1.82) is 0 Å². The molecule has 0 aliphatic carbocycles. The fraction of sp³-hybridized carbons (Fsp3) is 0.0833. The molecule has 3 aromatic rings. The number of nitrogen functional groups attached to an aromatic ring is 1. The lowest BCUT2D eigenvalue weighted by Crippen LogP contribution is -2.14. The monoisotopic (exact) mass is 257 g/mol. The van der Waals surface area contributed by atoms with Crippen LogP contribution in [-0.4, -0.2) is 24.7 Å². The van der Waals surface area contributed by atoms with Crippen molar-refractivity contribution in [2.45, 2.75) is 6.92 Å². The van der Waals surface area contributed by atoms with Crippen LogP contribution >= 0.6 is 0 Å². The van der Waals surface area contributed by atoms with Crippen LogP contribution in [0.1, 0.15) is 5.69 Å². The molecule has 0 radical (unpaired) electrons. The molecule has 0 fully saturated rings. The van der Waals surface area contributed by atoms with Gasteiger partial charge in [-0.25, -0.2) is 4.98 Å². The molecule has 0 aliphatic heterocycles. The smallest absolute Gasteiger partial charge is 0.274 e. The van der Waals surface area contributed by atoms with Crippen LogP contribution in [0.5, 0.6) is 5.75 Å². The zero-order valence-corrected chi connectivity index (χ0v) is 10.1. The van der Waals surface area contributed by atoms with Gasteiger partial charge in [0, 0.05) is 17.3 Å². The first-order valence-corrected chi connectivity index (χ1v) is 5.60. The van der Waals surface area contributed by atoms with E-state index in [0.717, 1.165) is 0 Å². The topological polar surface area (TPSA) is 109 Å². The molecule has 0 atom stereocenters. The quantitative estimate of drug-likeness (QED) is 0.438. The fourth-order valence-corrected chi connectivity index (χ4v) is 1.82. The van der Waals surface area contributed by atoms with Crippen molar-refractivity contribution in [2.75, 3.05) is 5.73 Å². The van der Waals surface area contributed by atoms with Crippen molar-refractivity contribution < 1.29 is 5.11 Å². The Morgan fingerprint density at radius 3 is 2.84 bits per heavy atom. The summed E-state index contributed by atoms with van der Waals surface area (Å²) in [4.78, 5) is 20.1. The van der Waals surface area contributed by atoms with Gasteiger partial charge in [0.1, 0.15) is 5.75 Å². The first-order chi connectivity index (χ1) is 9.04. The Morgan fingerprint density at radius 2 is 2.11 bits per heavy atom. The molecular weight excluding hydrogens is 246 g/mol. The minimum Gasteiger partial charge on any atom is -0.506 e. The molecule has 0 unspecified atom stereocenters. The van der Waals surface area contributed by atoms with Gasteiger partial charge in [-0.15, -0.1) is 0 Å². The Hall–Kier alpha value is -2.83. The maximum Gasteiger partial charge on any atom is 0.274 e. The molecule has 2 aromatic heterocycles. The first-order valence-electron chi connectivity index (χ1n) is 5.60. The zero-order valence-electron chi connectivity index (χ0n) is 10.1. The number of aromatic hydroxyl groups is 1. The van der Waals surface area contributed by atoms with Gasteiger partial charge in [-0.05, 0) is 25.1 Å². The van der Waals surface area contributed by atoms with Crippen LogP contribution in [0.25, 0.3) is 17.2 Å². The number of benzene rings is 1. The third kappa shape index (κ3) is 1.81. The molecule has 0 aliphatic rings. The number of anilines is 1. The highest BCUT2D eigenvalue weighted by Gasteiger charge is 2.09. The van der Waals surface area contributed by atoms with Gasteiger partial charge in [0.2, 0.25) is 0 Å². The number of nitrogens with two attached hydrogens (primary N) is 1. The molecule has 4 N–H and O–H groups in total. The van der Waals surface area contributed by atoms with Crippen LogP contribution < -0.4 is 11.3 Å². The van der Waals surface area contributed by atoms with Gasteiger partial charge in [-0.2, -0.15) is 9.50 Å². The predicted molar refractivity (Wildman–Crippen MR) is 69.9 cm³/mol. The van der Waals surface area contributed by atoms with Gasteiger partial charge in [0.05, 0.1) is 5.69 Å². The summed E-state index contributed by atoms with van der Waals surface area (Å²) < 4.78 is 1.26. The molecule has 3 rings (SSSR count). The SMILES string of the molecule is Cc1cc(=O)n2[nH]c(-c3ccc(O)c(N)c3)nc2n1. The molecule has 19 heavy (non-hydrogen) atoms. The van der Waals surface area contributed by atoms with E-state index in [0.29, 0.717) is 22.9 Å². The number of H-pyrrole nitrogens is 1. The van der Waals surface area contributed by atoms with Crippen molar-refractivity contribution in [3.05, 3.63) is 40.3 Å². The van der Waals surface area contributed by atoms with Gasteiger partial charge < -0.3 is 10.8 Å². The van der Waals surface area contributed by atoms with E-state index in [1.165, 1.54) is 16.6 Å². The zero-order chi connectivity index (χ0) is 13.6. The van der Waals surface area contributed by atoms with Gasteiger partial charge in [-0.1, -0.05) is 0 Å². The van der Waals surface area contributed by atoms with Crippen LogP contribution in [0.15, 0.2) is 29.1 Å². The highest BCUT2D eigenvalue weighted by atomic mass is 16.3. The van der Waals surface area contributed by atoms with Crippen molar-refractivity contribution in [3.63, 3.8) is 0 Å². The lowest BCUT2D eigenvalue weighted by molar-refractivity contribution is 0.478. The number of aromatic amines is 1. The summed E-state index contributed by atoms with van der Waals surface area (Å²) >= 11 is 0. The van der Waals surface area contributed by atoms with E-state index in [1.54, 1.807) is 19.1 Å². The summed E-state index contributed by atoms with van der Waals surface area (Å²) in [6.45, 7) is 1.73. The highest BCUT2D eigenvalue weighted by Crippen LogP contribution is 2.25. The maximum absolute atomic E-state index is 11.8. The fourth-order valence-electron chi connectivity index (χ4n) is 1.82. The summed E-state index contributed by atoms with van der Waals surface area (Å²) in [5.41, 5.74) is 6.92. The Balaban J connectivity index is 2.23. The summed E-state index contributed by atoms with van der Waals surface area (Å²) in [5, 5.41) is 12.2. The number of fused-ring (bicyclic) bond motifs is 1. The molecule has 1 aromatic carbocycles. The molecule has 0 saturated heterocycles. The van der Waals surface area contributed by atoms with Crippen LogP contribution in [0, 0.1) is 6.92 Å². The Morgan fingerprint density at radius 1 is 1.32 bits per heavy atom. The van der Waals surface area contributed by atoms with E-state index in [9.17, 15) is 9.90 Å². The van der Waals surface area contributed by atoms with Gasteiger partial charge >= 0.3 is 0 Å². The number of aromatic nitrogens is 4. The van der Waals surface area contributed by atoms with E-state index in [1.807, 2.05) is 0 Å². The summed E-state index contributed by atoms with van der Waals surface area (Å²) in [7, 11) is 0. The number of hydrogen-bond acceptors (Lipinski definition) is 5. The van der Waals surface area contributed by atoms with Crippen LogP contribution in [0.3, 0.4) is 0 Å². The van der Waals surface area contributed by atoms with Crippen molar-refractivity contribution in [3.8, 4) is 17.1 Å². The number of hydrogen-bond donors (Lipinski definition) is 3. The minimum absolute atomic E-state index is 0.00555. The van der Waals surface area contributed by atoms with Gasteiger partial charge in [0.25, 0.3) is 11.3 Å². The van der Waals surface area contributed by atoms with Crippen molar-refractivity contribution in [1.82, 2.24) is 19.6 Å². The third-order valence-corrected chi connectivity index (χ3v) is 2.76. The van der Waals surface area contributed by atoms with E-state index in [2.05, 4.69) is 15.1 Å². The Labute approximate surface area is 107 Å². The summed E-state index contributed by atoms with van der Waals surface area (Å²) in [6.07, 6.45) is 0. The molecule has 7 nitrogen and oxygen atoms in total. The molecule has 0 saturated carbocycles. The largest absolute Gasteiger partial charge is 0.506 e. The molecule has 96 valence electrons. The molecule has 7 heteroatoms. The lowest BCUT2D eigenvalue weighted by Gasteiger charge is -2.00. The summed E-state index contributed by atoms with van der Waals surface area (Å²) in [5.74, 6) is 0.763. The van der Waals surface area contributed by atoms with E-state index in [4.69, 9.17) is 5.73 Å². The second-order valence-corrected chi connectivity index (χ2v) is 4.22. The molecule has 0 bridgehead atoms. The van der Waals surface area contributed by atoms with Gasteiger partial charge in [0.15, 0.2) is 5.82 Å². The van der Waals surface area contributed by atoms with Gasteiger partial charge in [-0.3, -0.25) is 9.89 Å². The maximum atomic E-state index is 11.8. The van der Waals surface area contributed by atoms with Crippen molar-refractivity contribution >= 4 is 11.5 Å².